The minimum atomic E-state index is -1.85. The van der Waals surface area contributed by atoms with Crippen molar-refractivity contribution in [3.63, 3.8) is 0 Å². The number of rotatable bonds is 12. The second kappa shape index (κ2) is 15.0. The molecule has 0 heterocycles. The summed E-state index contributed by atoms with van der Waals surface area (Å²) < 4.78 is 0. The van der Waals surface area contributed by atoms with Crippen molar-refractivity contribution in [2.45, 2.75) is 55.3 Å². The molecule has 0 bridgehead atoms. The van der Waals surface area contributed by atoms with Gasteiger partial charge in [0.15, 0.2) is 12.1 Å². The van der Waals surface area contributed by atoms with Crippen LogP contribution in [0.3, 0.4) is 0 Å². The number of aliphatic hydroxyl groups is 10. The lowest BCUT2D eigenvalue weighted by Crippen LogP contribution is -2.49. The number of aldehydes is 1. The Bertz CT molecular complexity index is 628. The van der Waals surface area contributed by atoms with E-state index >= 15 is 0 Å². The van der Waals surface area contributed by atoms with Gasteiger partial charge in [0.05, 0.1) is 13.2 Å². The van der Waals surface area contributed by atoms with E-state index in [9.17, 15) is 24.9 Å². The fourth-order valence-electron chi connectivity index (χ4n) is 2.23. The van der Waals surface area contributed by atoms with Crippen LogP contribution in [0.4, 0.5) is 0 Å². The SMILES string of the molecule is O=C(Cc1ccccc1)[C@H](O)[C@@H](O)[C@H](O)[C@H](O)CO.O=C[C@@H](O)[C@@H](O)[C@H](O)[C@H](O)CO. The molecule has 0 radical (unpaired) electrons. The fourth-order valence-corrected chi connectivity index (χ4v) is 2.23. The highest BCUT2D eigenvalue weighted by atomic mass is 16.4. The van der Waals surface area contributed by atoms with Gasteiger partial charge in [-0.1, -0.05) is 30.3 Å². The zero-order valence-electron chi connectivity index (χ0n) is 16.5. The molecule has 0 unspecified atom stereocenters. The standard InChI is InChI=1S/C13H18O6.C6H12O6/c14-7-10(16)12(18)13(19)11(17)9(15)6-8-4-2-1-3-5-8;7-1-3(9)5(11)6(12)4(10)2-8/h1-5,10-14,16-19H,6-7H2;1,3-6,8-12H,2H2/t10-,11+,12-,13-;3-,4-,5-,6-/m11/s1. The molecule has 0 saturated carbocycles. The van der Waals surface area contributed by atoms with Crippen molar-refractivity contribution < 1.29 is 60.7 Å². The lowest BCUT2D eigenvalue weighted by atomic mass is 9.97. The molecule has 0 aromatic heterocycles. The molecule has 31 heavy (non-hydrogen) atoms. The molecular formula is C19H30O12. The van der Waals surface area contributed by atoms with E-state index in [0.717, 1.165) is 0 Å². The first-order chi connectivity index (χ1) is 14.5. The van der Waals surface area contributed by atoms with Crippen molar-refractivity contribution in [1.82, 2.24) is 0 Å². The molecule has 0 aliphatic rings. The van der Waals surface area contributed by atoms with E-state index in [1.165, 1.54) is 0 Å². The predicted molar refractivity (Wildman–Crippen MR) is 103 cm³/mol. The summed E-state index contributed by atoms with van der Waals surface area (Å²) in [5.41, 5.74) is 0.663. The minimum Gasteiger partial charge on any atom is -0.394 e. The molecule has 1 aromatic rings. The number of aliphatic hydroxyl groups excluding tert-OH is 10. The fraction of sp³-hybridized carbons (Fsp3) is 0.579. The molecule has 0 aliphatic heterocycles. The Kier molecular flexibility index (Phi) is 14.2. The quantitative estimate of drug-likeness (QED) is 0.135. The summed E-state index contributed by atoms with van der Waals surface area (Å²) in [6, 6.07) is 8.62. The predicted octanol–water partition coefficient (Wildman–Crippen LogP) is -5.14. The van der Waals surface area contributed by atoms with Crippen LogP contribution in [0.2, 0.25) is 0 Å². The van der Waals surface area contributed by atoms with Crippen molar-refractivity contribution in [2.75, 3.05) is 13.2 Å². The second-order valence-corrected chi connectivity index (χ2v) is 6.66. The molecule has 0 saturated heterocycles. The Balaban J connectivity index is 0.000000649. The highest BCUT2D eigenvalue weighted by molar-refractivity contribution is 5.85. The van der Waals surface area contributed by atoms with Gasteiger partial charge in [0.25, 0.3) is 0 Å². The smallest absolute Gasteiger partial charge is 0.168 e. The summed E-state index contributed by atoms with van der Waals surface area (Å²) in [6.07, 6.45) is -14.0. The number of carbonyl (C=O) groups is 2. The highest BCUT2D eigenvalue weighted by Gasteiger charge is 2.33. The first-order valence-corrected chi connectivity index (χ1v) is 9.19. The summed E-state index contributed by atoms with van der Waals surface area (Å²) in [7, 11) is 0. The van der Waals surface area contributed by atoms with Crippen LogP contribution in [0.25, 0.3) is 0 Å². The van der Waals surface area contributed by atoms with E-state index in [2.05, 4.69) is 0 Å². The third kappa shape index (κ3) is 9.88. The molecule has 8 atom stereocenters. The third-order valence-electron chi connectivity index (χ3n) is 4.23. The number of ketones is 1. The zero-order valence-corrected chi connectivity index (χ0v) is 16.5. The van der Waals surface area contributed by atoms with Crippen molar-refractivity contribution in [3.05, 3.63) is 35.9 Å². The first-order valence-electron chi connectivity index (χ1n) is 9.19. The summed E-state index contributed by atoms with van der Waals surface area (Å²) in [5, 5.41) is 89.8. The Labute approximate surface area is 177 Å². The molecule has 0 amide bonds. The number of benzene rings is 1. The largest absolute Gasteiger partial charge is 0.394 e. The molecule has 178 valence electrons. The van der Waals surface area contributed by atoms with Crippen LogP contribution in [0, 0.1) is 0 Å². The number of hydrogen-bond acceptors (Lipinski definition) is 12. The first kappa shape index (κ1) is 29.2. The molecule has 0 fully saturated rings. The van der Waals surface area contributed by atoms with Crippen LogP contribution in [-0.4, -0.2) is 125 Å². The maximum Gasteiger partial charge on any atom is 0.168 e. The molecule has 12 heteroatoms. The van der Waals surface area contributed by atoms with E-state index in [0.29, 0.717) is 5.56 Å². The normalized spacial score (nSPS) is 18.9. The molecule has 10 N–H and O–H groups in total. The van der Waals surface area contributed by atoms with Crippen molar-refractivity contribution in [3.8, 4) is 0 Å². The monoisotopic (exact) mass is 450 g/mol. The summed E-state index contributed by atoms with van der Waals surface area (Å²) in [5.74, 6) is -0.678. The molecule has 1 aromatic carbocycles. The molecule has 0 spiro atoms. The Morgan fingerprint density at radius 3 is 1.61 bits per heavy atom. The topological polar surface area (TPSA) is 236 Å². The van der Waals surface area contributed by atoms with Crippen molar-refractivity contribution in [2.24, 2.45) is 0 Å². The van der Waals surface area contributed by atoms with Crippen molar-refractivity contribution >= 4 is 12.1 Å². The van der Waals surface area contributed by atoms with Crippen LogP contribution in [0.5, 0.6) is 0 Å². The van der Waals surface area contributed by atoms with Crippen LogP contribution in [0.1, 0.15) is 5.56 Å². The molecule has 1 rings (SSSR count). The Hall–Kier alpha value is -1.84. The van der Waals surface area contributed by atoms with Crippen LogP contribution in [0.15, 0.2) is 30.3 Å². The minimum absolute atomic E-state index is 0.0258. The van der Waals surface area contributed by atoms with Gasteiger partial charge in [0.1, 0.15) is 48.8 Å². The van der Waals surface area contributed by atoms with Gasteiger partial charge in [-0.25, -0.2) is 0 Å². The lowest BCUT2D eigenvalue weighted by molar-refractivity contribution is -0.146. The van der Waals surface area contributed by atoms with E-state index < -0.39 is 67.8 Å². The van der Waals surface area contributed by atoms with Gasteiger partial charge in [-0.3, -0.25) is 4.79 Å². The number of Topliss-reactive ketones (excluding diaryl/α,β-unsaturated/α-hetero) is 1. The summed E-state index contributed by atoms with van der Waals surface area (Å²) in [6.45, 7) is -1.54. The average Bonchev–Trinajstić information content (AvgIpc) is 2.80. The maximum absolute atomic E-state index is 11.7. The van der Waals surface area contributed by atoms with Gasteiger partial charge >= 0.3 is 0 Å². The third-order valence-corrected chi connectivity index (χ3v) is 4.23. The van der Waals surface area contributed by atoms with E-state index in [1.54, 1.807) is 30.3 Å². The second-order valence-electron chi connectivity index (χ2n) is 6.66. The van der Waals surface area contributed by atoms with Gasteiger partial charge in [0, 0.05) is 6.42 Å². The highest BCUT2D eigenvalue weighted by Crippen LogP contribution is 2.09. The van der Waals surface area contributed by atoms with Crippen LogP contribution >= 0.6 is 0 Å². The Morgan fingerprint density at radius 1 is 0.742 bits per heavy atom. The van der Waals surface area contributed by atoms with Gasteiger partial charge in [-0.05, 0) is 5.56 Å². The lowest BCUT2D eigenvalue weighted by Gasteiger charge is -2.24. The van der Waals surface area contributed by atoms with E-state index in [1.807, 2.05) is 0 Å². The van der Waals surface area contributed by atoms with E-state index in [4.69, 9.17) is 35.7 Å². The Morgan fingerprint density at radius 2 is 1.19 bits per heavy atom. The molecule has 0 aliphatic carbocycles. The summed E-state index contributed by atoms with van der Waals surface area (Å²) in [4.78, 5) is 21.6. The number of hydrogen-bond donors (Lipinski definition) is 10. The number of carbonyl (C=O) groups excluding carboxylic acids is 2. The van der Waals surface area contributed by atoms with Gasteiger partial charge in [-0.2, -0.15) is 0 Å². The maximum atomic E-state index is 11.7. The van der Waals surface area contributed by atoms with Gasteiger partial charge < -0.3 is 55.9 Å². The summed E-state index contributed by atoms with van der Waals surface area (Å²) >= 11 is 0. The van der Waals surface area contributed by atoms with Crippen LogP contribution < -0.4 is 0 Å². The zero-order chi connectivity index (χ0) is 24.1. The van der Waals surface area contributed by atoms with Crippen molar-refractivity contribution in [1.29, 1.82) is 0 Å². The molecule has 12 nitrogen and oxygen atoms in total. The van der Waals surface area contributed by atoms with Crippen LogP contribution in [-0.2, 0) is 16.0 Å². The van der Waals surface area contributed by atoms with Gasteiger partial charge in [-0.15, -0.1) is 0 Å². The molecular weight excluding hydrogens is 420 g/mol. The van der Waals surface area contributed by atoms with E-state index in [-0.39, 0.29) is 12.7 Å². The average molecular weight is 450 g/mol. The van der Waals surface area contributed by atoms with Gasteiger partial charge in [0.2, 0.25) is 0 Å².